The number of amides is 1. The zero-order valence-corrected chi connectivity index (χ0v) is 8.46. The predicted molar refractivity (Wildman–Crippen MR) is 51.0 cm³/mol. The molecule has 1 aromatic heterocycles. The van der Waals surface area contributed by atoms with E-state index in [2.05, 4.69) is 15.9 Å². The van der Waals surface area contributed by atoms with E-state index in [4.69, 9.17) is 5.84 Å². The third kappa shape index (κ3) is 1.96. The van der Waals surface area contributed by atoms with Crippen molar-refractivity contribution in [1.29, 1.82) is 0 Å². The van der Waals surface area contributed by atoms with Gasteiger partial charge >= 0.3 is 0 Å². The molecule has 0 fully saturated rings. The number of nitrogens with one attached hydrogen (secondary N) is 1. The highest BCUT2D eigenvalue weighted by Crippen LogP contribution is 2.05. The van der Waals surface area contributed by atoms with E-state index in [1.165, 1.54) is 16.8 Å². The molecule has 0 unspecified atom stereocenters. The molecule has 1 amide bonds. The summed E-state index contributed by atoms with van der Waals surface area (Å²) in [6.45, 7) is 0. The summed E-state index contributed by atoms with van der Waals surface area (Å²) in [6, 6.07) is 1.42. The van der Waals surface area contributed by atoms with E-state index in [1.807, 2.05) is 5.43 Å². The number of carbonyl (C=O) groups is 1. The fourth-order valence-corrected chi connectivity index (χ4v) is 1.41. The van der Waals surface area contributed by atoms with Crippen LogP contribution in [0, 0.1) is 0 Å². The molecule has 0 bridgehead atoms. The number of hydrogen-bond acceptors (Lipinski definition) is 3. The minimum Gasteiger partial charge on any atom is -0.317 e. The van der Waals surface area contributed by atoms with Crippen LogP contribution in [-0.4, -0.2) is 10.5 Å². The van der Waals surface area contributed by atoms with Crippen LogP contribution in [0.1, 0.15) is 10.4 Å². The molecule has 0 aliphatic heterocycles. The van der Waals surface area contributed by atoms with Crippen molar-refractivity contribution in [3.63, 3.8) is 0 Å². The molecule has 0 saturated carbocycles. The maximum Gasteiger partial charge on any atom is 0.266 e. The molecule has 1 heterocycles. The number of carbonyl (C=O) groups excluding carboxylic acids is 1. The number of aromatic nitrogens is 1. The third-order valence-corrected chi connectivity index (χ3v) is 2.10. The van der Waals surface area contributed by atoms with Gasteiger partial charge in [0.15, 0.2) is 0 Å². The van der Waals surface area contributed by atoms with E-state index in [0.717, 1.165) is 0 Å². The summed E-state index contributed by atoms with van der Waals surface area (Å²) in [5.41, 5.74) is 2.11. The maximum absolute atomic E-state index is 11.2. The molecule has 1 rings (SSSR count). The smallest absolute Gasteiger partial charge is 0.266 e. The number of hydrogen-bond donors (Lipinski definition) is 2. The van der Waals surface area contributed by atoms with Crippen LogP contribution in [0.4, 0.5) is 0 Å². The normalized spacial score (nSPS) is 9.77. The van der Waals surface area contributed by atoms with Gasteiger partial charge in [-0.15, -0.1) is 0 Å². The van der Waals surface area contributed by atoms with Crippen LogP contribution in [0.3, 0.4) is 0 Å². The lowest BCUT2D eigenvalue weighted by atomic mass is 10.3. The maximum atomic E-state index is 11.2. The summed E-state index contributed by atoms with van der Waals surface area (Å²) in [5, 5.41) is 0. The minimum atomic E-state index is -0.434. The Morgan fingerprint density at radius 1 is 1.69 bits per heavy atom. The minimum absolute atomic E-state index is 0.200. The number of nitrogen functional groups attached to an aromatic ring is 1. The molecule has 0 radical (unpaired) electrons. The molecule has 0 aliphatic carbocycles. The van der Waals surface area contributed by atoms with Crippen molar-refractivity contribution in [2.45, 2.75) is 0 Å². The number of nitrogens with zero attached hydrogens (tertiary/aromatic N) is 1. The zero-order chi connectivity index (χ0) is 10.0. The highest BCUT2D eigenvalue weighted by Gasteiger charge is 2.07. The van der Waals surface area contributed by atoms with Crippen LogP contribution < -0.4 is 16.8 Å². The molecule has 13 heavy (non-hydrogen) atoms. The number of nitrogens with two attached hydrogens (primary N) is 1. The Bertz CT molecular complexity index is 373. The fourth-order valence-electron chi connectivity index (χ4n) is 0.879. The largest absolute Gasteiger partial charge is 0.317 e. The molecule has 1 aromatic rings. The molecule has 70 valence electrons. The monoisotopic (exact) mass is 245 g/mol. The highest BCUT2D eigenvalue weighted by molar-refractivity contribution is 9.10. The Labute approximate surface area is 82.6 Å². The average molecular weight is 246 g/mol. The first-order valence-corrected chi connectivity index (χ1v) is 4.22. The second-order valence-electron chi connectivity index (χ2n) is 2.47. The van der Waals surface area contributed by atoms with Crippen molar-refractivity contribution in [3.05, 3.63) is 32.7 Å². The van der Waals surface area contributed by atoms with Gasteiger partial charge in [0.25, 0.3) is 11.5 Å². The first kappa shape index (κ1) is 9.94. The quantitative estimate of drug-likeness (QED) is 0.407. The van der Waals surface area contributed by atoms with Crippen molar-refractivity contribution in [2.75, 3.05) is 0 Å². The Balaban J connectivity index is 3.29. The number of pyridine rings is 1. The Morgan fingerprint density at radius 3 is 2.77 bits per heavy atom. The summed E-state index contributed by atoms with van der Waals surface area (Å²) < 4.78 is 1.63. The average Bonchev–Trinajstić information content (AvgIpc) is 2.12. The zero-order valence-electron chi connectivity index (χ0n) is 6.87. The number of rotatable bonds is 1. The predicted octanol–water partition coefficient (Wildman–Crippen LogP) is -0.249. The van der Waals surface area contributed by atoms with Gasteiger partial charge in [-0.05, 0) is 22.0 Å². The number of aryl methyl sites for hydroxylation is 1. The molecule has 3 N–H and O–H groups in total. The summed E-state index contributed by atoms with van der Waals surface area (Å²) in [7, 11) is 1.56. The molecule has 0 saturated heterocycles. The first-order chi connectivity index (χ1) is 6.06. The van der Waals surface area contributed by atoms with E-state index >= 15 is 0 Å². The van der Waals surface area contributed by atoms with E-state index in [0.29, 0.717) is 10.0 Å². The van der Waals surface area contributed by atoms with Crippen molar-refractivity contribution in [2.24, 2.45) is 12.9 Å². The van der Waals surface area contributed by atoms with Gasteiger partial charge in [0.1, 0.15) is 0 Å². The SMILES string of the molecule is Cn1cc(C(=O)NN)cc(Br)c1=O. The molecule has 0 aromatic carbocycles. The molecule has 5 nitrogen and oxygen atoms in total. The van der Waals surface area contributed by atoms with Gasteiger partial charge in [0, 0.05) is 13.2 Å². The van der Waals surface area contributed by atoms with Crippen LogP contribution in [0.5, 0.6) is 0 Å². The van der Waals surface area contributed by atoms with Gasteiger partial charge in [-0.3, -0.25) is 15.0 Å². The molecule has 0 aliphatic rings. The molecule has 0 atom stereocenters. The Morgan fingerprint density at radius 2 is 2.31 bits per heavy atom. The van der Waals surface area contributed by atoms with Crippen LogP contribution in [0.2, 0.25) is 0 Å². The van der Waals surface area contributed by atoms with Crippen molar-refractivity contribution >= 4 is 21.8 Å². The van der Waals surface area contributed by atoms with E-state index < -0.39 is 5.91 Å². The molecule has 6 heteroatoms. The van der Waals surface area contributed by atoms with Gasteiger partial charge in [-0.25, -0.2) is 5.84 Å². The lowest BCUT2D eigenvalue weighted by Gasteiger charge is -2.03. The van der Waals surface area contributed by atoms with Gasteiger partial charge in [0.05, 0.1) is 10.0 Å². The van der Waals surface area contributed by atoms with E-state index in [1.54, 1.807) is 7.05 Å². The van der Waals surface area contributed by atoms with Crippen LogP contribution in [-0.2, 0) is 7.05 Å². The molecular formula is C7H8BrN3O2. The lowest BCUT2D eigenvalue weighted by molar-refractivity contribution is 0.0953. The Hall–Kier alpha value is -1.14. The van der Waals surface area contributed by atoms with Gasteiger partial charge in [-0.2, -0.15) is 0 Å². The Kier molecular flexibility index (Phi) is 2.84. The van der Waals surface area contributed by atoms with Crippen molar-refractivity contribution < 1.29 is 4.79 Å². The van der Waals surface area contributed by atoms with Gasteiger partial charge in [-0.1, -0.05) is 0 Å². The number of hydrazine groups is 1. The van der Waals surface area contributed by atoms with Crippen LogP contribution in [0.15, 0.2) is 21.5 Å². The van der Waals surface area contributed by atoms with Crippen LogP contribution in [0.25, 0.3) is 0 Å². The lowest BCUT2D eigenvalue weighted by Crippen LogP contribution is -2.31. The molecular weight excluding hydrogens is 238 g/mol. The summed E-state index contributed by atoms with van der Waals surface area (Å²) in [6.07, 6.45) is 1.41. The summed E-state index contributed by atoms with van der Waals surface area (Å²) in [5.74, 6) is 4.51. The van der Waals surface area contributed by atoms with E-state index in [9.17, 15) is 9.59 Å². The first-order valence-electron chi connectivity index (χ1n) is 3.43. The van der Waals surface area contributed by atoms with Crippen molar-refractivity contribution in [3.8, 4) is 0 Å². The topological polar surface area (TPSA) is 77.1 Å². The van der Waals surface area contributed by atoms with Crippen molar-refractivity contribution in [1.82, 2.24) is 9.99 Å². The second-order valence-corrected chi connectivity index (χ2v) is 3.32. The standard InChI is InChI=1S/C7H8BrN3O2/c1-11-3-4(6(12)10-9)2-5(8)7(11)13/h2-3H,9H2,1H3,(H,10,12). The van der Waals surface area contributed by atoms with Gasteiger partial charge in [0.2, 0.25) is 0 Å². The fraction of sp³-hybridized carbons (Fsp3) is 0.143. The second kappa shape index (κ2) is 3.71. The van der Waals surface area contributed by atoms with Crippen LogP contribution >= 0.6 is 15.9 Å². The van der Waals surface area contributed by atoms with E-state index in [-0.39, 0.29) is 5.56 Å². The number of halogens is 1. The highest BCUT2D eigenvalue weighted by atomic mass is 79.9. The summed E-state index contributed by atoms with van der Waals surface area (Å²) >= 11 is 3.04. The summed E-state index contributed by atoms with van der Waals surface area (Å²) in [4.78, 5) is 22.2. The molecule has 0 spiro atoms. The third-order valence-electron chi connectivity index (χ3n) is 1.53. The van der Waals surface area contributed by atoms with Gasteiger partial charge < -0.3 is 4.57 Å².